The predicted molar refractivity (Wildman–Crippen MR) is 53.2 cm³/mol. The minimum atomic E-state index is -0.522. The quantitative estimate of drug-likeness (QED) is 0.773. The van der Waals surface area contributed by atoms with Crippen LogP contribution in [-0.2, 0) is 11.2 Å². The molecule has 1 aliphatic rings. The summed E-state index contributed by atoms with van der Waals surface area (Å²) in [4.78, 5) is 19.0. The summed E-state index contributed by atoms with van der Waals surface area (Å²) in [6, 6.07) is 1.52. The molecule has 2 N–H and O–H groups in total. The van der Waals surface area contributed by atoms with E-state index in [-0.39, 0.29) is 11.8 Å². The van der Waals surface area contributed by atoms with Crippen LogP contribution >= 0.6 is 0 Å². The summed E-state index contributed by atoms with van der Waals surface area (Å²) in [6.45, 7) is 0.806. The SMILES string of the molecule is NC(=O)c1ccnc(CC2CCCO2)n1. The highest BCUT2D eigenvalue weighted by Gasteiger charge is 2.17. The highest BCUT2D eigenvalue weighted by molar-refractivity contribution is 5.90. The van der Waals surface area contributed by atoms with Crippen LogP contribution in [0.3, 0.4) is 0 Å². The van der Waals surface area contributed by atoms with E-state index in [0.29, 0.717) is 12.2 Å². The van der Waals surface area contributed by atoms with Crippen LogP contribution in [0.25, 0.3) is 0 Å². The standard InChI is InChI=1S/C10H13N3O2/c11-10(14)8-3-4-12-9(13-8)6-7-2-1-5-15-7/h3-4,7H,1-2,5-6H2,(H2,11,14). The summed E-state index contributed by atoms with van der Waals surface area (Å²) in [6.07, 6.45) is 4.51. The Morgan fingerprint density at radius 2 is 2.53 bits per heavy atom. The van der Waals surface area contributed by atoms with Crippen LogP contribution in [0.2, 0.25) is 0 Å². The van der Waals surface area contributed by atoms with E-state index in [2.05, 4.69) is 9.97 Å². The number of hydrogen-bond donors (Lipinski definition) is 1. The first-order valence-corrected chi connectivity index (χ1v) is 4.99. The molecule has 1 aromatic heterocycles. The highest BCUT2D eigenvalue weighted by Crippen LogP contribution is 2.15. The molecule has 0 saturated carbocycles. The van der Waals surface area contributed by atoms with E-state index >= 15 is 0 Å². The molecule has 2 heterocycles. The average molecular weight is 207 g/mol. The van der Waals surface area contributed by atoms with Crippen molar-refractivity contribution in [1.82, 2.24) is 9.97 Å². The molecule has 1 aliphatic heterocycles. The van der Waals surface area contributed by atoms with Crippen molar-refractivity contribution in [2.75, 3.05) is 6.61 Å². The van der Waals surface area contributed by atoms with Gasteiger partial charge >= 0.3 is 0 Å². The number of nitrogens with two attached hydrogens (primary N) is 1. The summed E-state index contributed by atoms with van der Waals surface area (Å²) in [5.41, 5.74) is 5.39. The van der Waals surface area contributed by atoms with Gasteiger partial charge < -0.3 is 10.5 Å². The fourth-order valence-electron chi connectivity index (χ4n) is 1.64. The predicted octanol–water partition coefficient (Wildman–Crippen LogP) is 0.297. The first-order chi connectivity index (χ1) is 7.25. The lowest BCUT2D eigenvalue weighted by Crippen LogP contribution is -2.17. The van der Waals surface area contributed by atoms with Crippen LogP contribution in [-0.4, -0.2) is 28.6 Å². The number of carbonyl (C=O) groups is 1. The first-order valence-electron chi connectivity index (χ1n) is 4.99. The van der Waals surface area contributed by atoms with Gasteiger partial charge in [-0.15, -0.1) is 0 Å². The molecule has 0 aromatic carbocycles. The van der Waals surface area contributed by atoms with E-state index in [9.17, 15) is 4.79 Å². The zero-order valence-corrected chi connectivity index (χ0v) is 8.35. The van der Waals surface area contributed by atoms with E-state index < -0.39 is 5.91 Å². The summed E-state index contributed by atoms with van der Waals surface area (Å²) >= 11 is 0. The largest absolute Gasteiger partial charge is 0.378 e. The van der Waals surface area contributed by atoms with Crippen LogP contribution in [0, 0.1) is 0 Å². The normalized spacial score (nSPS) is 20.4. The van der Waals surface area contributed by atoms with E-state index in [4.69, 9.17) is 10.5 Å². The van der Waals surface area contributed by atoms with Gasteiger partial charge in [-0.05, 0) is 18.9 Å². The minimum absolute atomic E-state index is 0.188. The molecule has 0 bridgehead atoms. The van der Waals surface area contributed by atoms with Crippen molar-refractivity contribution in [2.24, 2.45) is 5.73 Å². The molecule has 1 unspecified atom stereocenters. The molecule has 0 spiro atoms. The van der Waals surface area contributed by atoms with Crippen LogP contribution in [0.5, 0.6) is 0 Å². The van der Waals surface area contributed by atoms with Crippen molar-refractivity contribution < 1.29 is 9.53 Å². The van der Waals surface area contributed by atoms with Gasteiger partial charge in [0.1, 0.15) is 11.5 Å². The number of ether oxygens (including phenoxy) is 1. The van der Waals surface area contributed by atoms with Crippen LogP contribution in [0.4, 0.5) is 0 Å². The van der Waals surface area contributed by atoms with E-state index in [0.717, 1.165) is 19.4 Å². The Hall–Kier alpha value is -1.49. The number of primary amides is 1. The molecule has 1 saturated heterocycles. The molecule has 15 heavy (non-hydrogen) atoms. The maximum absolute atomic E-state index is 10.9. The average Bonchev–Trinajstić information content (AvgIpc) is 2.71. The number of amides is 1. The molecule has 1 aromatic rings. The van der Waals surface area contributed by atoms with Crippen molar-refractivity contribution in [3.8, 4) is 0 Å². The third kappa shape index (κ3) is 2.50. The molecular weight excluding hydrogens is 194 g/mol. The molecule has 2 rings (SSSR count). The lowest BCUT2D eigenvalue weighted by Gasteiger charge is -2.07. The number of nitrogens with zero attached hydrogens (tertiary/aromatic N) is 2. The van der Waals surface area contributed by atoms with Crippen molar-refractivity contribution >= 4 is 5.91 Å². The summed E-state index contributed by atoms with van der Waals surface area (Å²) < 4.78 is 5.46. The third-order valence-corrected chi connectivity index (χ3v) is 2.39. The van der Waals surface area contributed by atoms with Gasteiger partial charge in [0.05, 0.1) is 6.10 Å². The Kier molecular flexibility index (Phi) is 2.91. The van der Waals surface area contributed by atoms with E-state index in [1.165, 1.54) is 6.07 Å². The topological polar surface area (TPSA) is 78.1 Å². The number of carbonyl (C=O) groups excluding carboxylic acids is 1. The Labute approximate surface area is 87.7 Å². The fourth-order valence-corrected chi connectivity index (χ4v) is 1.64. The second-order valence-corrected chi connectivity index (χ2v) is 3.56. The lowest BCUT2D eigenvalue weighted by molar-refractivity contribution is 0.0991. The van der Waals surface area contributed by atoms with Crippen molar-refractivity contribution in [1.29, 1.82) is 0 Å². The fraction of sp³-hybridized carbons (Fsp3) is 0.500. The highest BCUT2D eigenvalue weighted by atomic mass is 16.5. The van der Waals surface area contributed by atoms with Gasteiger partial charge in [0, 0.05) is 19.2 Å². The minimum Gasteiger partial charge on any atom is -0.378 e. The third-order valence-electron chi connectivity index (χ3n) is 2.39. The summed E-state index contributed by atoms with van der Waals surface area (Å²) in [7, 11) is 0. The van der Waals surface area contributed by atoms with Gasteiger partial charge in [-0.1, -0.05) is 0 Å². The first kappa shape index (κ1) is 10.0. The molecule has 5 nitrogen and oxygen atoms in total. The second kappa shape index (κ2) is 4.35. The Bertz CT molecular complexity index is 361. The molecular formula is C10H13N3O2. The van der Waals surface area contributed by atoms with Gasteiger partial charge in [-0.3, -0.25) is 4.79 Å². The van der Waals surface area contributed by atoms with Crippen LogP contribution < -0.4 is 5.73 Å². The van der Waals surface area contributed by atoms with Crippen molar-refractivity contribution in [3.63, 3.8) is 0 Å². The molecule has 80 valence electrons. The Morgan fingerprint density at radius 3 is 3.20 bits per heavy atom. The Morgan fingerprint density at radius 1 is 1.67 bits per heavy atom. The number of aromatic nitrogens is 2. The zero-order chi connectivity index (χ0) is 10.7. The molecule has 0 radical (unpaired) electrons. The van der Waals surface area contributed by atoms with Crippen LogP contribution in [0.15, 0.2) is 12.3 Å². The molecule has 0 aliphatic carbocycles. The maximum atomic E-state index is 10.9. The molecule has 1 fully saturated rings. The summed E-state index contributed by atoms with van der Waals surface area (Å²) in [5, 5.41) is 0. The van der Waals surface area contributed by atoms with Gasteiger partial charge in [0.2, 0.25) is 0 Å². The molecule has 5 heteroatoms. The summed E-state index contributed by atoms with van der Waals surface area (Å²) in [5.74, 6) is 0.101. The smallest absolute Gasteiger partial charge is 0.267 e. The monoisotopic (exact) mass is 207 g/mol. The van der Waals surface area contributed by atoms with Gasteiger partial charge in [0.15, 0.2) is 0 Å². The van der Waals surface area contributed by atoms with Crippen molar-refractivity contribution in [2.45, 2.75) is 25.4 Å². The van der Waals surface area contributed by atoms with Gasteiger partial charge in [0.25, 0.3) is 5.91 Å². The molecule has 1 atom stereocenters. The number of hydrogen-bond acceptors (Lipinski definition) is 4. The second-order valence-electron chi connectivity index (χ2n) is 3.56. The lowest BCUT2D eigenvalue weighted by atomic mass is 10.2. The van der Waals surface area contributed by atoms with Crippen molar-refractivity contribution in [3.05, 3.63) is 23.8 Å². The van der Waals surface area contributed by atoms with Gasteiger partial charge in [-0.25, -0.2) is 9.97 Å². The zero-order valence-electron chi connectivity index (χ0n) is 8.35. The van der Waals surface area contributed by atoms with E-state index in [1.807, 2.05) is 0 Å². The van der Waals surface area contributed by atoms with E-state index in [1.54, 1.807) is 6.20 Å². The van der Waals surface area contributed by atoms with Gasteiger partial charge in [-0.2, -0.15) is 0 Å². The van der Waals surface area contributed by atoms with Crippen LogP contribution in [0.1, 0.15) is 29.2 Å². The maximum Gasteiger partial charge on any atom is 0.267 e. The number of rotatable bonds is 3. The molecule has 1 amide bonds. The Balaban J connectivity index is 2.07.